The van der Waals surface area contributed by atoms with Gasteiger partial charge in [-0.1, -0.05) is 25.1 Å². The van der Waals surface area contributed by atoms with Crippen molar-refractivity contribution in [1.29, 1.82) is 0 Å². The van der Waals surface area contributed by atoms with Crippen LogP contribution in [0.3, 0.4) is 0 Å². The molecule has 3 rings (SSSR count). The third kappa shape index (κ3) is 4.85. The lowest BCUT2D eigenvalue weighted by Gasteiger charge is -2.11. The molecule has 0 amide bonds. The molecule has 2 aromatic heterocycles. The van der Waals surface area contributed by atoms with Gasteiger partial charge in [0.05, 0.1) is 6.54 Å². The Kier molecular flexibility index (Phi) is 6.66. The molecular weight excluding hydrogens is 342 g/mol. The van der Waals surface area contributed by atoms with E-state index in [1.54, 1.807) is 11.3 Å². The van der Waals surface area contributed by atoms with Gasteiger partial charge in [-0.25, -0.2) is 9.98 Å². The van der Waals surface area contributed by atoms with Crippen LogP contribution < -0.4 is 10.6 Å². The number of hydrogen-bond donors (Lipinski definition) is 2. The number of guanidine groups is 1. The van der Waals surface area contributed by atoms with Gasteiger partial charge in [-0.15, -0.1) is 11.3 Å². The first-order valence-electron chi connectivity index (χ1n) is 9.29. The minimum Gasteiger partial charge on any atom is -0.357 e. The zero-order valence-corrected chi connectivity index (χ0v) is 16.4. The number of thiazole rings is 1. The molecule has 0 unspecified atom stereocenters. The number of nitrogens with one attached hydrogen (secondary N) is 2. The van der Waals surface area contributed by atoms with E-state index in [0.29, 0.717) is 6.54 Å². The van der Waals surface area contributed by atoms with Gasteiger partial charge in [0.15, 0.2) is 5.96 Å². The van der Waals surface area contributed by atoms with E-state index >= 15 is 0 Å². The van der Waals surface area contributed by atoms with Crippen molar-refractivity contribution in [3.63, 3.8) is 0 Å². The number of hydrogen-bond acceptors (Lipinski definition) is 3. The zero-order chi connectivity index (χ0) is 18.2. The van der Waals surface area contributed by atoms with Crippen LogP contribution in [0.15, 0.2) is 47.7 Å². The molecule has 2 N–H and O–H groups in total. The SMILES string of the molecule is CCNC(=NCc1ncc(CC)s1)NCCCn1ccc2ccccc21. The van der Waals surface area contributed by atoms with Crippen LogP contribution in [0.4, 0.5) is 0 Å². The second-order valence-corrected chi connectivity index (χ2v) is 7.32. The highest BCUT2D eigenvalue weighted by atomic mass is 32.1. The van der Waals surface area contributed by atoms with Gasteiger partial charge in [0.1, 0.15) is 5.01 Å². The molecular formula is C20H27N5S. The Morgan fingerprint density at radius 1 is 1.19 bits per heavy atom. The highest BCUT2D eigenvalue weighted by molar-refractivity contribution is 7.11. The van der Waals surface area contributed by atoms with E-state index in [0.717, 1.165) is 43.4 Å². The van der Waals surface area contributed by atoms with Crippen molar-refractivity contribution in [1.82, 2.24) is 20.2 Å². The second kappa shape index (κ2) is 9.38. The number of para-hydroxylation sites is 1. The topological polar surface area (TPSA) is 54.2 Å². The van der Waals surface area contributed by atoms with Crippen molar-refractivity contribution < 1.29 is 0 Å². The molecule has 26 heavy (non-hydrogen) atoms. The summed E-state index contributed by atoms with van der Waals surface area (Å²) in [4.78, 5) is 10.4. The molecule has 0 aliphatic carbocycles. The van der Waals surface area contributed by atoms with E-state index in [4.69, 9.17) is 0 Å². The molecule has 5 nitrogen and oxygen atoms in total. The molecule has 0 saturated heterocycles. The summed E-state index contributed by atoms with van der Waals surface area (Å²) in [7, 11) is 0. The van der Waals surface area contributed by atoms with Crippen LogP contribution in [-0.2, 0) is 19.5 Å². The Labute approximate surface area is 159 Å². The summed E-state index contributed by atoms with van der Waals surface area (Å²) in [5.41, 5.74) is 1.29. The van der Waals surface area contributed by atoms with E-state index in [1.165, 1.54) is 15.8 Å². The molecule has 0 spiro atoms. The lowest BCUT2D eigenvalue weighted by molar-refractivity contribution is 0.641. The predicted molar refractivity (Wildman–Crippen MR) is 111 cm³/mol. The lowest BCUT2D eigenvalue weighted by Crippen LogP contribution is -2.38. The van der Waals surface area contributed by atoms with Crippen molar-refractivity contribution in [2.24, 2.45) is 4.99 Å². The van der Waals surface area contributed by atoms with E-state index in [9.17, 15) is 0 Å². The van der Waals surface area contributed by atoms with Gasteiger partial charge in [0, 0.05) is 42.4 Å². The molecule has 0 fully saturated rings. The van der Waals surface area contributed by atoms with Gasteiger partial charge >= 0.3 is 0 Å². The number of aromatic nitrogens is 2. The maximum atomic E-state index is 4.65. The minimum absolute atomic E-state index is 0.627. The molecule has 3 aromatic rings. The summed E-state index contributed by atoms with van der Waals surface area (Å²) < 4.78 is 2.31. The third-order valence-electron chi connectivity index (χ3n) is 4.22. The summed E-state index contributed by atoms with van der Waals surface area (Å²) in [5.74, 6) is 0.859. The molecule has 138 valence electrons. The van der Waals surface area contributed by atoms with Gasteiger partial charge in [0.25, 0.3) is 0 Å². The van der Waals surface area contributed by atoms with Crippen LogP contribution in [0, 0.1) is 0 Å². The fourth-order valence-corrected chi connectivity index (χ4v) is 3.65. The monoisotopic (exact) mass is 369 g/mol. The van der Waals surface area contributed by atoms with E-state index < -0.39 is 0 Å². The quantitative estimate of drug-likeness (QED) is 0.361. The molecule has 0 aliphatic rings. The van der Waals surface area contributed by atoms with Crippen molar-refractivity contribution >= 4 is 28.2 Å². The fourth-order valence-electron chi connectivity index (χ4n) is 2.86. The van der Waals surface area contributed by atoms with Crippen molar-refractivity contribution in [2.75, 3.05) is 13.1 Å². The number of rotatable bonds is 8. The van der Waals surface area contributed by atoms with Crippen LogP contribution in [0.5, 0.6) is 0 Å². The standard InChI is InChI=1S/C20H27N5S/c1-3-17-14-23-19(26-17)15-24-20(21-4-2)22-11-7-12-25-13-10-16-8-5-6-9-18(16)25/h5-6,8-10,13-14H,3-4,7,11-12,15H2,1-2H3,(H2,21,22,24). The normalized spacial score (nSPS) is 11.8. The first kappa shape index (κ1) is 18.5. The summed E-state index contributed by atoms with van der Waals surface area (Å²) in [6, 6.07) is 10.7. The number of benzene rings is 1. The summed E-state index contributed by atoms with van der Waals surface area (Å²) in [6.07, 6.45) is 6.20. The molecule has 1 aromatic carbocycles. The average Bonchev–Trinajstić information content (AvgIpc) is 3.30. The van der Waals surface area contributed by atoms with Gasteiger partial charge in [-0.3, -0.25) is 0 Å². The second-order valence-electron chi connectivity index (χ2n) is 6.12. The van der Waals surface area contributed by atoms with Crippen LogP contribution in [0.25, 0.3) is 10.9 Å². The van der Waals surface area contributed by atoms with Gasteiger partial charge in [0.2, 0.25) is 0 Å². The maximum Gasteiger partial charge on any atom is 0.191 e. The van der Waals surface area contributed by atoms with Crippen molar-refractivity contribution in [2.45, 2.75) is 39.8 Å². The highest BCUT2D eigenvalue weighted by Gasteiger charge is 2.03. The zero-order valence-electron chi connectivity index (χ0n) is 15.5. The number of nitrogens with zero attached hydrogens (tertiary/aromatic N) is 3. The number of fused-ring (bicyclic) bond motifs is 1. The van der Waals surface area contributed by atoms with E-state index in [-0.39, 0.29) is 0 Å². The minimum atomic E-state index is 0.627. The Hall–Kier alpha value is -2.34. The molecule has 0 radical (unpaired) electrons. The van der Waals surface area contributed by atoms with Gasteiger partial charge in [-0.05, 0) is 37.3 Å². The molecule has 6 heteroatoms. The summed E-state index contributed by atoms with van der Waals surface area (Å²) in [5, 5.41) is 9.09. The average molecular weight is 370 g/mol. The Morgan fingerprint density at radius 3 is 2.88 bits per heavy atom. The van der Waals surface area contributed by atoms with Crippen LogP contribution in [0.2, 0.25) is 0 Å². The van der Waals surface area contributed by atoms with Crippen LogP contribution in [0.1, 0.15) is 30.2 Å². The van der Waals surface area contributed by atoms with Crippen LogP contribution in [-0.4, -0.2) is 28.6 Å². The van der Waals surface area contributed by atoms with Gasteiger partial charge in [-0.2, -0.15) is 0 Å². The van der Waals surface area contributed by atoms with E-state index in [1.807, 2.05) is 6.20 Å². The molecule has 0 saturated carbocycles. The molecule has 0 atom stereocenters. The number of aliphatic imine (C=N–C) groups is 1. The lowest BCUT2D eigenvalue weighted by atomic mass is 10.2. The third-order valence-corrected chi connectivity index (χ3v) is 5.34. The van der Waals surface area contributed by atoms with Crippen molar-refractivity contribution in [3.8, 4) is 0 Å². The fraction of sp³-hybridized carbons (Fsp3) is 0.400. The summed E-state index contributed by atoms with van der Waals surface area (Å²) in [6.45, 7) is 7.60. The highest BCUT2D eigenvalue weighted by Crippen LogP contribution is 2.15. The molecule has 0 bridgehead atoms. The Balaban J connectivity index is 1.49. The Bertz CT molecular complexity index is 849. The maximum absolute atomic E-state index is 4.65. The molecule has 2 heterocycles. The van der Waals surface area contributed by atoms with Crippen molar-refractivity contribution in [3.05, 3.63) is 52.6 Å². The van der Waals surface area contributed by atoms with Crippen LogP contribution >= 0.6 is 11.3 Å². The largest absolute Gasteiger partial charge is 0.357 e. The Morgan fingerprint density at radius 2 is 2.08 bits per heavy atom. The smallest absolute Gasteiger partial charge is 0.191 e. The van der Waals surface area contributed by atoms with E-state index in [2.05, 4.69) is 75.6 Å². The first-order chi connectivity index (χ1) is 12.8. The molecule has 0 aliphatic heterocycles. The summed E-state index contributed by atoms with van der Waals surface area (Å²) >= 11 is 1.74. The number of aryl methyl sites for hydroxylation is 2. The van der Waals surface area contributed by atoms with Gasteiger partial charge < -0.3 is 15.2 Å². The first-order valence-corrected chi connectivity index (χ1v) is 10.1. The predicted octanol–water partition coefficient (Wildman–Crippen LogP) is 3.81.